The zero-order valence-electron chi connectivity index (χ0n) is 6.50. The van der Waals surface area contributed by atoms with E-state index in [-0.39, 0.29) is 0 Å². The van der Waals surface area contributed by atoms with Crippen LogP contribution in [0.3, 0.4) is 0 Å². The van der Waals surface area contributed by atoms with Crippen LogP contribution in [0.25, 0.3) is 0 Å². The molecule has 1 aliphatic rings. The molecule has 0 spiro atoms. The quantitative estimate of drug-likeness (QED) is 0.635. The second-order valence-corrected chi connectivity index (χ2v) is 2.99. The van der Waals surface area contributed by atoms with E-state index in [1.54, 1.807) is 6.26 Å². The van der Waals surface area contributed by atoms with Crippen molar-refractivity contribution in [3.63, 3.8) is 0 Å². The average molecular weight is 152 g/mol. The highest BCUT2D eigenvalue weighted by Crippen LogP contribution is 2.21. The maximum Gasteiger partial charge on any atom is 0.122 e. The summed E-state index contributed by atoms with van der Waals surface area (Å²) in [5.41, 5.74) is 6.31. The molecule has 11 heavy (non-hydrogen) atoms. The Morgan fingerprint density at radius 2 is 2.45 bits per heavy atom. The fourth-order valence-corrected chi connectivity index (χ4v) is 1.39. The van der Waals surface area contributed by atoms with Crippen LogP contribution in [0.5, 0.6) is 0 Å². The number of hydrogen-bond acceptors (Lipinski definition) is 3. The van der Waals surface area contributed by atoms with Crippen LogP contribution >= 0.6 is 0 Å². The minimum Gasteiger partial charge on any atom is -0.468 e. The normalized spacial score (nSPS) is 31.0. The molecule has 0 bridgehead atoms. The zero-order valence-corrected chi connectivity index (χ0v) is 6.50. The Morgan fingerprint density at radius 1 is 1.55 bits per heavy atom. The van der Waals surface area contributed by atoms with Gasteiger partial charge in [0.1, 0.15) is 5.76 Å². The van der Waals surface area contributed by atoms with Gasteiger partial charge in [-0.2, -0.15) is 0 Å². The highest BCUT2D eigenvalue weighted by atomic mass is 16.3. The van der Waals surface area contributed by atoms with Gasteiger partial charge in [0, 0.05) is 6.04 Å². The molecule has 60 valence electrons. The molecule has 0 amide bonds. The largest absolute Gasteiger partial charge is 0.468 e. The van der Waals surface area contributed by atoms with Gasteiger partial charge in [0.2, 0.25) is 0 Å². The second kappa shape index (κ2) is 2.68. The van der Waals surface area contributed by atoms with Crippen molar-refractivity contribution in [1.29, 1.82) is 0 Å². The Labute approximate surface area is 65.7 Å². The summed E-state index contributed by atoms with van der Waals surface area (Å²) in [6.45, 7) is 2.15. The maximum absolute atomic E-state index is 5.26. The molecular weight excluding hydrogens is 140 g/mol. The standard InChI is InChI=1S/C8H12N2O/c1-6-5-7(10-9-6)8-3-2-4-11-8/h2-4,6-7,9-10H,5H2,1H3/t6-,7+/m0/s1. The van der Waals surface area contributed by atoms with Gasteiger partial charge in [0.25, 0.3) is 0 Å². The Kier molecular flexibility index (Phi) is 1.68. The lowest BCUT2D eigenvalue weighted by Gasteiger charge is -2.03. The van der Waals surface area contributed by atoms with Crippen molar-refractivity contribution in [3.05, 3.63) is 24.2 Å². The predicted molar refractivity (Wildman–Crippen MR) is 41.8 cm³/mol. The van der Waals surface area contributed by atoms with E-state index in [0.29, 0.717) is 12.1 Å². The number of hydrogen-bond donors (Lipinski definition) is 2. The summed E-state index contributed by atoms with van der Waals surface area (Å²) in [6, 6.07) is 4.79. The third-order valence-electron chi connectivity index (χ3n) is 1.98. The Bertz CT molecular complexity index is 220. The second-order valence-electron chi connectivity index (χ2n) is 2.99. The van der Waals surface area contributed by atoms with Gasteiger partial charge in [0.15, 0.2) is 0 Å². The van der Waals surface area contributed by atoms with E-state index < -0.39 is 0 Å². The van der Waals surface area contributed by atoms with Crippen LogP contribution in [-0.2, 0) is 0 Å². The van der Waals surface area contributed by atoms with E-state index >= 15 is 0 Å². The number of hydrazine groups is 1. The molecular formula is C8H12N2O. The van der Waals surface area contributed by atoms with E-state index in [1.165, 1.54) is 0 Å². The van der Waals surface area contributed by atoms with Crippen molar-refractivity contribution < 1.29 is 4.42 Å². The predicted octanol–water partition coefficient (Wildman–Crippen LogP) is 1.21. The third-order valence-corrected chi connectivity index (χ3v) is 1.98. The third kappa shape index (κ3) is 1.29. The van der Waals surface area contributed by atoms with Crippen LogP contribution in [0.2, 0.25) is 0 Å². The summed E-state index contributed by atoms with van der Waals surface area (Å²) in [5.74, 6) is 1.02. The molecule has 2 atom stereocenters. The molecule has 3 nitrogen and oxygen atoms in total. The van der Waals surface area contributed by atoms with Crippen molar-refractivity contribution in [2.24, 2.45) is 0 Å². The van der Waals surface area contributed by atoms with E-state index in [2.05, 4.69) is 17.8 Å². The number of furan rings is 1. The molecule has 0 unspecified atom stereocenters. The first-order valence-electron chi connectivity index (χ1n) is 3.91. The van der Waals surface area contributed by atoms with Crippen LogP contribution in [0.1, 0.15) is 25.1 Å². The topological polar surface area (TPSA) is 37.2 Å². The minimum atomic E-state index is 0.347. The van der Waals surface area contributed by atoms with Crippen LogP contribution in [0, 0.1) is 0 Å². The van der Waals surface area contributed by atoms with Crippen LogP contribution in [0.15, 0.2) is 22.8 Å². The van der Waals surface area contributed by atoms with E-state index in [4.69, 9.17) is 4.42 Å². The first-order valence-corrected chi connectivity index (χ1v) is 3.91. The smallest absolute Gasteiger partial charge is 0.122 e. The van der Waals surface area contributed by atoms with Crippen molar-refractivity contribution >= 4 is 0 Å². The summed E-state index contributed by atoms with van der Waals surface area (Å²) in [7, 11) is 0. The molecule has 1 aromatic heterocycles. The first-order chi connectivity index (χ1) is 5.36. The molecule has 2 heterocycles. The number of rotatable bonds is 1. The maximum atomic E-state index is 5.26. The summed E-state index contributed by atoms with van der Waals surface area (Å²) in [5, 5.41) is 0. The van der Waals surface area contributed by atoms with Gasteiger partial charge in [0.05, 0.1) is 12.3 Å². The zero-order chi connectivity index (χ0) is 7.68. The molecule has 0 radical (unpaired) electrons. The van der Waals surface area contributed by atoms with Gasteiger partial charge in [-0.25, -0.2) is 5.43 Å². The van der Waals surface area contributed by atoms with Crippen molar-refractivity contribution in [1.82, 2.24) is 10.9 Å². The first kappa shape index (κ1) is 6.88. The molecule has 1 fully saturated rings. The molecule has 2 rings (SSSR count). The SMILES string of the molecule is C[C@H]1C[C@H](c2ccco2)NN1. The van der Waals surface area contributed by atoms with Crippen molar-refractivity contribution in [2.75, 3.05) is 0 Å². The van der Waals surface area contributed by atoms with E-state index in [0.717, 1.165) is 12.2 Å². The Morgan fingerprint density at radius 3 is 3.00 bits per heavy atom. The molecule has 1 aliphatic heterocycles. The summed E-state index contributed by atoms with van der Waals surface area (Å²) >= 11 is 0. The molecule has 0 aliphatic carbocycles. The molecule has 0 saturated carbocycles. The van der Waals surface area contributed by atoms with Gasteiger partial charge < -0.3 is 4.42 Å². The lowest BCUT2D eigenvalue weighted by atomic mass is 10.1. The molecule has 0 aromatic carbocycles. The van der Waals surface area contributed by atoms with E-state index in [9.17, 15) is 0 Å². The van der Waals surface area contributed by atoms with Crippen LogP contribution in [0.4, 0.5) is 0 Å². The molecule has 2 N–H and O–H groups in total. The van der Waals surface area contributed by atoms with Crippen molar-refractivity contribution in [3.8, 4) is 0 Å². The fourth-order valence-electron chi connectivity index (χ4n) is 1.39. The van der Waals surface area contributed by atoms with Crippen molar-refractivity contribution in [2.45, 2.75) is 25.4 Å². The van der Waals surface area contributed by atoms with Gasteiger partial charge in [-0.3, -0.25) is 5.43 Å². The Balaban J connectivity index is 2.08. The molecule has 1 saturated heterocycles. The lowest BCUT2D eigenvalue weighted by molar-refractivity contribution is 0.433. The summed E-state index contributed by atoms with van der Waals surface area (Å²) in [6.07, 6.45) is 2.80. The van der Waals surface area contributed by atoms with E-state index in [1.807, 2.05) is 12.1 Å². The summed E-state index contributed by atoms with van der Waals surface area (Å²) in [4.78, 5) is 0. The Hall–Kier alpha value is -0.800. The van der Waals surface area contributed by atoms with Gasteiger partial charge in [-0.15, -0.1) is 0 Å². The molecule has 3 heteroatoms. The van der Waals surface area contributed by atoms with Crippen LogP contribution < -0.4 is 10.9 Å². The van der Waals surface area contributed by atoms with Gasteiger partial charge >= 0.3 is 0 Å². The highest BCUT2D eigenvalue weighted by molar-refractivity contribution is 5.06. The fraction of sp³-hybridized carbons (Fsp3) is 0.500. The van der Waals surface area contributed by atoms with Gasteiger partial charge in [-0.1, -0.05) is 0 Å². The van der Waals surface area contributed by atoms with Crippen LogP contribution in [-0.4, -0.2) is 6.04 Å². The average Bonchev–Trinajstić information content (AvgIpc) is 2.55. The monoisotopic (exact) mass is 152 g/mol. The highest BCUT2D eigenvalue weighted by Gasteiger charge is 2.23. The lowest BCUT2D eigenvalue weighted by Crippen LogP contribution is -2.28. The minimum absolute atomic E-state index is 0.347. The molecule has 1 aromatic rings. The van der Waals surface area contributed by atoms with Gasteiger partial charge in [-0.05, 0) is 25.5 Å². The summed E-state index contributed by atoms with van der Waals surface area (Å²) < 4.78 is 5.26. The number of nitrogens with one attached hydrogen (secondary N) is 2.